The standard InChI is InChI=1S/C22H21ClN4O4S.C7H8O3S/c1-32(29,30)9-8-24-12-16-4-7-21(31-16)14-2-5-19-17(10-14)22(26-13-25-19)27-15-3-6-20(28)18(23)11-15;1-6-2-4-7(5-3-6)11(8,9)10/h2-7,10-11,13,24,28H,8-9,12H2,1H3,(H,25,26,27);2-5H,1H3,(H,8,9,10). The fraction of sp³-hybridized carbons (Fsp3) is 0.172. The Morgan fingerprint density at radius 2 is 1.67 bits per heavy atom. The lowest BCUT2D eigenvalue weighted by atomic mass is 10.1. The summed E-state index contributed by atoms with van der Waals surface area (Å²) in [5, 5.41) is 16.9. The predicted molar refractivity (Wildman–Crippen MR) is 166 cm³/mol. The van der Waals surface area contributed by atoms with Gasteiger partial charge in [0.2, 0.25) is 0 Å². The molecule has 0 spiro atoms. The van der Waals surface area contributed by atoms with Crippen LogP contribution in [0.4, 0.5) is 11.5 Å². The van der Waals surface area contributed by atoms with Gasteiger partial charge in [-0.1, -0.05) is 29.3 Å². The SMILES string of the molecule is CS(=O)(=O)CCNCc1ccc(-c2ccc3ncnc(Nc4ccc(O)c(Cl)c4)c3c2)o1.Cc1ccc(S(=O)(=O)O)cc1. The number of phenols is 1. The van der Waals surface area contributed by atoms with E-state index in [0.29, 0.717) is 36.1 Å². The molecule has 0 saturated heterocycles. The molecule has 43 heavy (non-hydrogen) atoms. The smallest absolute Gasteiger partial charge is 0.294 e. The van der Waals surface area contributed by atoms with Crippen LogP contribution >= 0.6 is 11.6 Å². The Bertz CT molecular complexity index is 1950. The molecule has 5 aromatic rings. The van der Waals surface area contributed by atoms with E-state index in [0.717, 1.165) is 22.0 Å². The van der Waals surface area contributed by atoms with E-state index in [1.54, 1.807) is 24.3 Å². The van der Waals surface area contributed by atoms with Gasteiger partial charge in [0.25, 0.3) is 10.1 Å². The second-order valence-corrected chi connectivity index (χ2v) is 13.7. The van der Waals surface area contributed by atoms with Gasteiger partial charge in [-0.25, -0.2) is 18.4 Å². The molecule has 3 aromatic carbocycles. The molecule has 4 N–H and O–H groups in total. The molecule has 0 aliphatic heterocycles. The van der Waals surface area contributed by atoms with Gasteiger partial charge < -0.3 is 20.2 Å². The highest BCUT2D eigenvalue weighted by Crippen LogP contribution is 2.31. The quantitative estimate of drug-likeness (QED) is 0.0923. The number of sulfone groups is 1. The van der Waals surface area contributed by atoms with E-state index >= 15 is 0 Å². The number of anilines is 2. The van der Waals surface area contributed by atoms with E-state index in [1.165, 1.54) is 30.8 Å². The molecule has 5 rings (SSSR count). The molecule has 14 heteroatoms. The summed E-state index contributed by atoms with van der Waals surface area (Å²) in [5.41, 5.74) is 3.24. The van der Waals surface area contributed by atoms with Crippen molar-refractivity contribution in [3.63, 3.8) is 0 Å². The molecule has 0 saturated carbocycles. The predicted octanol–water partition coefficient (Wildman–Crippen LogP) is 5.37. The molecule has 0 bridgehead atoms. The maximum Gasteiger partial charge on any atom is 0.294 e. The van der Waals surface area contributed by atoms with Gasteiger partial charge in [-0.15, -0.1) is 0 Å². The maximum atomic E-state index is 11.2. The molecule has 11 nitrogen and oxygen atoms in total. The molecule has 0 amide bonds. The third-order valence-corrected chi connectivity index (χ3v) is 8.18. The highest BCUT2D eigenvalue weighted by Gasteiger charge is 2.11. The van der Waals surface area contributed by atoms with Gasteiger partial charge >= 0.3 is 0 Å². The van der Waals surface area contributed by atoms with Gasteiger partial charge in [-0.2, -0.15) is 8.42 Å². The summed E-state index contributed by atoms with van der Waals surface area (Å²) >= 11 is 6.00. The van der Waals surface area contributed by atoms with E-state index < -0.39 is 20.0 Å². The number of aryl methyl sites for hydroxylation is 1. The first-order valence-corrected chi connectivity index (χ1v) is 16.7. The lowest BCUT2D eigenvalue weighted by molar-refractivity contribution is 0.475. The van der Waals surface area contributed by atoms with Gasteiger partial charge in [-0.3, -0.25) is 4.55 Å². The number of furan rings is 1. The van der Waals surface area contributed by atoms with Crippen molar-refractivity contribution in [3.05, 3.63) is 95.5 Å². The molecule has 2 aromatic heterocycles. The highest BCUT2D eigenvalue weighted by atomic mass is 35.5. The molecule has 0 aliphatic rings. The molecule has 0 unspecified atom stereocenters. The fourth-order valence-electron chi connectivity index (χ4n) is 3.84. The third-order valence-electron chi connectivity index (χ3n) is 6.06. The number of phenolic OH excluding ortho intramolecular Hbond substituents is 1. The van der Waals surface area contributed by atoms with Crippen LogP contribution in [-0.2, 0) is 26.5 Å². The first kappa shape index (κ1) is 31.9. The summed E-state index contributed by atoms with van der Waals surface area (Å²) in [4.78, 5) is 8.60. The van der Waals surface area contributed by atoms with Crippen LogP contribution in [-0.4, -0.2) is 55.0 Å². The lowest BCUT2D eigenvalue weighted by Crippen LogP contribution is -2.21. The summed E-state index contributed by atoms with van der Waals surface area (Å²) in [7, 11) is -7.02. The Morgan fingerprint density at radius 3 is 2.35 bits per heavy atom. The van der Waals surface area contributed by atoms with Crippen molar-refractivity contribution in [2.24, 2.45) is 0 Å². The molecule has 2 heterocycles. The molecular formula is C29H29ClN4O7S2. The van der Waals surface area contributed by atoms with Crippen LogP contribution in [0, 0.1) is 6.92 Å². The van der Waals surface area contributed by atoms with Crippen molar-refractivity contribution in [2.45, 2.75) is 18.4 Å². The minimum atomic E-state index is -4.02. The molecule has 0 fully saturated rings. The van der Waals surface area contributed by atoms with Gasteiger partial charge in [0.1, 0.15) is 39.3 Å². The van der Waals surface area contributed by atoms with Gasteiger partial charge in [0.15, 0.2) is 0 Å². The average Bonchev–Trinajstić information content (AvgIpc) is 3.42. The Hall–Kier alpha value is -4.01. The van der Waals surface area contributed by atoms with E-state index in [4.69, 9.17) is 20.6 Å². The van der Waals surface area contributed by atoms with Gasteiger partial charge in [0.05, 0.1) is 27.7 Å². The number of fused-ring (bicyclic) bond motifs is 1. The summed E-state index contributed by atoms with van der Waals surface area (Å²) < 4.78 is 57.9. The topological polar surface area (TPSA) is 172 Å². The van der Waals surface area contributed by atoms with Gasteiger partial charge in [0, 0.05) is 29.4 Å². The van der Waals surface area contributed by atoms with E-state index in [1.807, 2.05) is 37.3 Å². The number of nitrogens with one attached hydrogen (secondary N) is 2. The average molecular weight is 645 g/mol. The monoisotopic (exact) mass is 644 g/mol. The lowest BCUT2D eigenvalue weighted by Gasteiger charge is -2.10. The van der Waals surface area contributed by atoms with E-state index in [2.05, 4.69) is 20.6 Å². The second kappa shape index (κ2) is 13.5. The first-order chi connectivity index (χ1) is 20.3. The van der Waals surface area contributed by atoms with Gasteiger partial charge in [-0.05, 0) is 67.6 Å². The Kier molecular flexibility index (Phi) is 10.0. The number of nitrogens with zero attached hydrogens (tertiary/aromatic N) is 2. The zero-order chi connectivity index (χ0) is 31.2. The Balaban J connectivity index is 0.000000324. The number of rotatable bonds is 9. The number of halogens is 1. The molecular weight excluding hydrogens is 616 g/mol. The van der Waals surface area contributed by atoms with Crippen molar-refractivity contribution >= 4 is 54.0 Å². The molecule has 0 atom stereocenters. The zero-order valence-electron chi connectivity index (χ0n) is 23.2. The van der Waals surface area contributed by atoms with Crippen LogP contribution in [0.5, 0.6) is 5.75 Å². The maximum absolute atomic E-state index is 11.2. The minimum absolute atomic E-state index is 0.00600. The number of hydrogen-bond acceptors (Lipinski definition) is 10. The number of aromatic hydroxyl groups is 1. The van der Waals surface area contributed by atoms with Crippen LogP contribution < -0.4 is 10.6 Å². The van der Waals surface area contributed by atoms with Crippen LogP contribution in [0.2, 0.25) is 5.02 Å². The molecule has 226 valence electrons. The minimum Gasteiger partial charge on any atom is -0.506 e. The first-order valence-electron chi connectivity index (χ1n) is 12.8. The van der Waals surface area contributed by atoms with Crippen molar-refractivity contribution in [2.75, 3.05) is 23.9 Å². The second-order valence-electron chi connectivity index (χ2n) is 9.61. The van der Waals surface area contributed by atoms with E-state index in [9.17, 15) is 21.9 Å². The summed E-state index contributed by atoms with van der Waals surface area (Å²) in [6.07, 6.45) is 2.68. The third kappa shape index (κ3) is 9.24. The van der Waals surface area contributed by atoms with Crippen molar-refractivity contribution in [3.8, 4) is 17.1 Å². The van der Waals surface area contributed by atoms with E-state index in [-0.39, 0.29) is 21.4 Å². The Morgan fingerprint density at radius 1 is 0.930 bits per heavy atom. The molecule has 0 aliphatic carbocycles. The van der Waals surface area contributed by atoms with Crippen LogP contribution in [0.25, 0.3) is 22.2 Å². The van der Waals surface area contributed by atoms with Crippen LogP contribution in [0.1, 0.15) is 11.3 Å². The highest BCUT2D eigenvalue weighted by molar-refractivity contribution is 7.90. The van der Waals surface area contributed by atoms with Crippen LogP contribution in [0.15, 0.2) is 88.4 Å². The number of aromatic nitrogens is 2. The summed E-state index contributed by atoms with van der Waals surface area (Å²) in [6, 6.07) is 20.3. The number of benzene rings is 3. The number of hydrogen-bond donors (Lipinski definition) is 4. The molecule has 0 radical (unpaired) electrons. The summed E-state index contributed by atoms with van der Waals surface area (Å²) in [5.74, 6) is 2.05. The fourth-order valence-corrected chi connectivity index (χ4v) is 5.01. The Labute approximate surface area is 254 Å². The zero-order valence-corrected chi connectivity index (χ0v) is 25.5. The van der Waals surface area contributed by atoms with Crippen molar-refractivity contribution < 1.29 is 30.9 Å². The summed E-state index contributed by atoms with van der Waals surface area (Å²) in [6.45, 7) is 2.63. The normalized spacial score (nSPS) is 11.6. The largest absolute Gasteiger partial charge is 0.506 e. The van der Waals surface area contributed by atoms with Crippen molar-refractivity contribution in [1.82, 2.24) is 15.3 Å². The van der Waals surface area contributed by atoms with Crippen molar-refractivity contribution in [1.29, 1.82) is 0 Å². The van der Waals surface area contributed by atoms with Crippen LogP contribution in [0.3, 0.4) is 0 Å².